The molecule has 0 saturated heterocycles. The van der Waals surface area contributed by atoms with E-state index in [4.69, 9.17) is 18.9 Å². The molecular weight excluding hydrogens is 1070 g/mol. The molecule has 1 N–H and O–H groups in total. The third kappa shape index (κ3) is 69.2. The number of likely N-dealkylation sites (N-methyl/N-ethyl adjacent to an activating group) is 1. The minimum absolute atomic E-state index is 0.174. The molecule has 0 aromatic heterocycles. The van der Waals surface area contributed by atoms with E-state index in [2.05, 4.69) is 38.2 Å². The van der Waals surface area contributed by atoms with Gasteiger partial charge in [-0.15, -0.1) is 0 Å². The van der Waals surface area contributed by atoms with Gasteiger partial charge in [-0.1, -0.05) is 359 Å². The quantitative estimate of drug-likeness (QED) is 0.0211. The van der Waals surface area contributed by atoms with Crippen molar-refractivity contribution in [3.05, 3.63) is 24.3 Å². The summed E-state index contributed by atoms with van der Waals surface area (Å²) in [7, 11) is 6.00. The summed E-state index contributed by atoms with van der Waals surface area (Å²) in [6, 6.07) is 0. The van der Waals surface area contributed by atoms with Crippen LogP contribution in [0.1, 0.15) is 393 Å². The van der Waals surface area contributed by atoms with E-state index in [9.17, 15) is 19.5 Å². The number of quaternary nitrogens is 1. The molecule has 9 nitrogen and oxygen atoms in total. The fraction of sp³-hybridized carbons (Fsp3) is 0.909. The molecule has 0 saturated carbocycles. The maximum atomic E-state index is 13.0. The first-order valence-electron chi connectivity index (χ1n) is 38.0. The highest BCUT2D eigenvalue weighted by Gasteiger charge is 2.25. The number of carboxylic acids is 1. The molecule has 0 heterocycles. The van der Waals surface area contributed by atoms with Crippen LogP contribution in [0.2, 0.25) is 0 Å². The predicted molar refractivity (Wildman–Crippen MR) is 369 cm³/mol. The van der Waals surface area contributed by atoms with Crippen molar-refractivity contribution in [2.45, 2.75) is 405 Å². The molecule has 0 aliphatic carbocycles. The number of hydrogen-bond acceptors (Lipinski definition) is 7. The lowest BCUT2D eigenvalue weighted by atomic mass is 10.0. The monoisotopic (exact) mass is 1220 g/mol. The number of ether oxygens (including phenoxy) is 4. The van der Waals surface area contributed by atoms with Crippen LogP contribution in [0.4, 0.5) is 0 Å². The Labute approximate surface area is 535 Å². The molecule has 0 rings (SSSR count). The van der Waals surface area contributed by atoms with Crippen LogP contribution in [0.25, 0.3) is 0 Å². The summed E-state index contributed by atoms with van der Waals surface area (Å²) >= 11 is 0. The Morgan fingerprint density at radius 2 is 0.628 bits per heavy atom. The van der Waals surface area contributed by atoms with Crippen LogP contribution in [-0.4, -0.2) is 87.4 Å². The molecule has 2 atom stereocenters. The molecule has 0 bridgehead atoms. The van der Waals surface area contributed by atoms with Crippen LogP contribution in [0.15, 0.2) is 24.3 Å². The lowest BCUT2D eigenvalue weighted by molar-refractivity contribution is -0.870. The van der Waals surface area contributed by atoms with Crippen molar-refractivity contribution in [2.75, 3.05) is 47.5 Å². The largest absolute Gasteiger partial charge is 0.477 e. The molecule has 0 radical (unpaired) electrons. The molecule has 0 aromatic rings. The van der Waals surface area contributed by atoms with Gasteiger partial charge in [0.25, 0.3) is 6.29 Å². The summed E-state index contributed by atoms with van der Waals surface area (Å²) in [5.74, 6) is -1.97. The van der Waals surface area contributed by atoms with Crippen LogP contribution in [0, 0.1) is 0 Å². The van der Waals surface area contributed by atoms with Crippen molar-refractivity contribution in [3.63, 3.8) is 0 Å². The molecule has 0 aromatic carbocycles. The Kier molecular flexibility index (Phi) is 66.9. The number of hydrogen-bond donors (Lipinski definition) is 1. The van der Waals surface area contributed by atoms with E-state index in [1.807, 2.05) is 21.1 Å². The molecule has 0 aliphatic heterocycles. The summed E-state index contributed by atoms with van der Waals surface area (Å²) in [5.41, 5.74) is 0. The Morgan fingerprint density at radius 3 is 0.919 bits per heavy atom. The van der Waals surface area contributed by atoms with Crippen LogP contribution >= 0.6 is 0 Å². The number of allylic oxidation sites excluding steroid dienone is 4. The van der Waals surface area contributed by atoms with Crippen molar-refractivity contribution >= 4 is 17.9 Å². The third-order valence-corrected chi connectivity index (χ3v) is 17.5. The van der Waals surface area contributed by atoms with Crippen LogP contribution in [0.5, 0.6) is 0 Å². The van der Waals surface area contributed by atoms with Crippen LogP contribution in [0.3, 0.4) is 0 Å². The van der Waals surface area contributed by atoms with E-state index in [0.717, 1.165) is 44.9 Å². The third-order valence-electron chi connectivity index (χ3n) is 17.5. The molecule has 0 amide bonds. The van der Waals surface area contributed by atoms with Crippen molar-refractivity contribution in [2.24, 2.45) is 0 Å². The van der Waals surface area contributed by atoms with Gasteiger partial charge >= 0.3 is 17.9 Å². The van der Waals surface area contributed by atoms with E-state index in [0.29, 0.717) is 17.4 Å². The molecule has 0 spiro atoms. The summed E-state index contributed by atoms with van der Waals surface area (Å²) in [6.07, 6.45) is 83.2. The van der Waals surface area contributed by atoms with Crippen molar-refractivity contribution in [3.8, 4) is 0 Å². The average molecular weight is 1220 g/mol. The standard InChI is InChI=1S/C77H147NO8/c1-6-8-10-12-14-16-18-20-22-24-26-28-30-32-34-36-37-38-39-40-42-44-46-48-50-52-54-56-58-60-62-64-66-68-75(80)86-73(72-85-77(76(81)82)83-70-69-78(3,4)5)71-84-74(79)67-65-63-61-59-57-55-53-51-49-47-45-43-41-35-33-31-29-27-25-23-21-19-17-15-13-11-9-7-2/h18,20,24,26,73,77H,6-17,19,21-23,25,27-72H2,1-5H3/p+1/b20-18-,26-24-. The SMILES string of the molecule is CCCCCCC/C=C\C/C=C\CCCCCCCCCCCCCCCCCCCCCCCC(=O)OC(COC(=O)CCCCCCCCCCCCCCCCCCCCCCCCCCCCCC)COC(OCC[N+](C)(C)C)C(=O)O. The number of carboxylic acid groups (broad SMARTS) is 1. The smallest absolute Gasteiger partial charge is 0.361 e. The molecule has 2 unspecified atom stereocenters. The van der Waals surface area contributed by atoms with E-state index < -0.39 is 18.4 Å². The lowest BCUT2D eigenvalue weighted by Gasteiger charge is -2.25. The first kappa shape index (κ1) is 83.8. The lowest BCUT2D eigenvalue weighted by Crippen LogP contribution is -2.40. The second-order valence-electron chi connectivity index (χ2n) is 27.3. The number of nitrogens with zero attached hydrogens (tertiary/aromatic N) is 1. The Hall–Kier alpha value is -2.23. The van der Waals surface area contributed by atoms with Crippen molar-refractivity contribution in [1.29, 1.82) is 0 Å². The van der Waals surface area contributed by atoms with Gasteiger partial charge in [0.2, 0.25) is 0 Å². The zero-order valence-corrected chi connectivity index (χ0v) is 58.3. The van der Waals surface area contributed by atoms with E-state index in [-0.39, 0.29) is 38.2 Å². The summed E-state index contributed by atoms with van der Waals surface area (Å²) in [4.78, 5) is 37.7. The zero-order valence-electron chi connectivity index (χ0n) is 58.3. The van der Waals surface area contributed by atoms with Crippen LogP contribution in [-0.2, 0) is 33.3 Å². The first-order chi connectivity index (χ1) is 42.1. The second kappa shape index (κ2) is 68.7. The Bertz CT molecular complexity index is 1460. The highest BCUT2D eigenvalue weighted by atomic mass is 16.7. The fourth-order valence-electron chi connectivity index (χ4n) is 11.6. The molecule has 86 heavy (non-hydrogen) atoms. The predicted octanol–water partition coefficient (Wildman–Crippen LogP) is 23.8. The van der Waals surface area contributed by atoms with Crippen molar-refractivity contribution < 1.29 is 42.9 Å². The fourth-order valence-corrected chi connectivity index (χ4v) is 11.6. The van der Waals surface area contributed by atoms with Crippen LogP contribution < -0.4 is 0 Å². The molecular formula is C77H148NO8+. The number of aliphatic carboxylic acids is 1. The Morgan fingerprint density at radius 1 is 0.349 bits per heavy atom. The zero-order chi connectivity index (χ0) is 62.6. The number of esters is 2. The topological polar surface area (TPSA) is 108 Å². The van der Waals surface area contributed by atoms with Crippen molar-refractivity contribution in [1.82, 2.24) is 0 Å². The minimum atomic E-state index is -1.51. The summed E-state index contributed by atoms with van der Waals surface area (Å²) < 4.78 is 23.0. The number of rotatable bonds is 72. The maximum absolute atomic E-state index is 13.0. The average Bonchev–Trinajstić information content (AvgIpc) is 3.64. The van der Waals surface area contributed by atoms with Gasteiger partial charge < -0.3 is 28.5 Å². The van der Waals surface area contributed by atoms with E-state index in [1.54, 1.807) is 0 Å². The normalized spacial score (nSPS) is 12.7. The van der Waals surface area contributed by atoms with Gasteiger partial charge in [-0.2, -0.15) is 0 Å². The summed E-state index contributed by atoms with van der Waals surface area (Å²) in [6.45, 7) is 4.95. The highest BCUT2D eigenvalue weighted by Crippen LogP contribution is 2.20. The van der Waals surface area contributed by atoms with Gasteiger partial charge in [-0.3, -0.25) is 9.59 Å². The van der Waals surface area contributed by atoms with E-state index in [1.165, 1.54) is 321 Å². The van der Waals surface area contributed by atoms with E-state index >= 15 is 0 Å². The molecule has 508 valence electrons. The van der Waals surface area contributed by atoms with Gasteiger partial charge in [0.05, 0.1) is 34.4 Å². The first-order valence-corrected chi connectivity index (χ1v) is 38.0. The number of carbonyl (C=O) groups excluding carboxylic acids is 2. The van der Waals surface area contributed by atoms with Gasteiger partial charge in [0, 0.05) is 12.8 Å². The maximum Gasteiger partial charge on any atom is 0.361 e. The van der Waals surface area contributed by atoms with Gasteiger partial charge in [-0.05, 0) is 44.9 Å². The van der Waals surface area contributed by atoms with Gasteiger partial charge in [-0.25, -0.2) is 4.79 Å². The molecule has 0 fully saturated rings. The number of unbranched alkanes of at least 4 members (excludes halogenated alkanes) is 53. The summed E-state index contributed by atoms with van der Waals surface area (Å²) in [5, 5.41) is 9.76. The van der Waals surface area contributed by atoms with Gasteiger partial charge in [0.15, 0.2) is 6.10 Å². The minimum Gasteiger partial charge on any atom is -0.477 e. The molecule has 9 heteroatoms. The second-order valence-corrected chi connectivity index (χ2v) is 27.3. The van der Waals surface area contributed by atoms with Gasteiger partial charge in [0.1, 0.15) is 13.2 Å². The number of carbonyl (C=O) groups is 3. The Balaban J connectivity index is 4.00. The highest BCUT2D eigenvalue weighted by molar-refractivity contribution is 5.71. The molecule has 0 aliphatic rings.